The maximum absolute atomic E-state index is 11.8. The molecule has 2 atom stereocenters. The van der Waals surface area contributed by atoms with Crippen molar-refractivity contribution in [3.05, 3.63) is 58.7 Å². The molecule has 0 amide bonds. The van der Waals surface area contributed by atoms with Gasteiger partial charge in [0.1, 0.15) is 0 Å². The number of carbonyl (C=O) groups excluding carboxylic acids is 1. The highest BCUT2D eigenvalue weighted by Gasteiger charge is 2.32. The normalized spacial score (nSPS) is 20.0. The molecule has 1 heterocycles. The Hall–Kier alpha value is -2.82. The minimum Gasteiger partial charge on any atom is -0.490 e. The van der Waals surface area contributed by atoms with E-state index in [1.54, 1.807) is 0 Å². The minimum absolute atomic E-state index is 0.276. The number of methoxy groups -OCH3 is 1. The number of carbonyl (C=O) groups is 1. The minimum atomic E-state index is -0.322. The zero-order valence-corrected chi connectivity index (χ0v) is 18.6. The van der Waals surface area contributed by atoms with Gasteiger partial charge in [-0.05, 0) is 67.6 Å². The first-order valence-corrected chi connectivity index (χ1v) is 11.3. The predicted molar refractivity (Wildman–Crippen MR) is 122 cm³/mol. The molecule has 1 aliphatic heterocycles. The second-order valence-electron chi connectivity index (χ2n) is 8.14. The zero-order chi connectivity index (χ0) is 21.8. The molecular weight excluding hydrogens is 390 g/mol. The number of fused-ring (bicyclic) bond motifs is 3. The van der Waals surface area contributed by atoms with Crippen LogP contribution in [0, 0.1) is 0 Å². The summed E-state index contributed by atoms with van der Waals surface area (Å²) in [5, 5.41) is 0. The summed E-state index contributed by atoms with van der Waals surface area (Å²) >= 11 is 0. The van der Waals surface area contributed by atoms with Crippen molar-refractivity contribution < 1.29 is 19.0 Å². The number of hydrogen-bond donors (Lipinski definition) is 0. The first-order valence-electron chi connectivity index (χ1n) is 11.3. The molecule has 164 valence electrons. The van der Waals surface area contributed by atoms with Crippen LogP contribution in [0.1, 0.15) is 72.5 Å². The van der Waals surface area contributed by atoms with Gasteiger partial charge in [-0.2, -0.15) is 0 Å². The Morgan fingerprint density at radius 1 is 1.00 bits per heavy atom. The average molecular weight is 422 g/mol. The van der Waals surface area contributed by atoms with E-state index in [2.05, 4.69) is 12.1 Å². The van der Waals surface area contributed by atoms with E-state index in [0.29, 0.717) is 24.7 Å². The highest BCUT2D eigenvalue weighted by Crippen LogP contribution is 2.43. The summed E-state index contributed by atoms with van der Waals surface area (Å²) in [5.74, 6) is 1.72. The molecule has 0 bridgehead atoms. The summed E-state index contributed by atoms with van der Waals surface area (Å²) in [7, 11) is 1.40. The van der Waals surface area contributed by atoms with Crippen LogP contribution in [0.2, 0.25) is 0 Å². The van der Waals surface area contributed by atoms with E-state index < -0.39 is 0 Å². The Labute approximate surface area is 184 Å². The molecule has 2 aromatic carbocycles. The maximum Gasteiger partial charge on any atom is 0.337 e. The Morgan fingerprint density at radius 2 is 1.68 bits per heavy atom. The summed E-state index contributed by atoms with van der Waals surface area (Å²) in [6, 6.07) is 12.2. The number of rotatable bonds is 6. The van der Waals surface area contributed by atoms with Crippen LogP contribution >= 0.6 is 0 Å². The van der Waals surface area contributed by atoms with Gasteiger partial charge >= 0.3 is 5.97 Å². The summed E-state index contributed by atoms with van der Waals surface area (Å²) in [6.45, 7) is 5.21. The Balaban J connectivity index is 1.76. The summed E-state index contributed by atoms with van der Waals surface area (Å²) in [6.07, 6.45) is 5.44. The summed E-state index contributed by atoms with van der Waals surface area (Å²) in [5.41, 5.74) is 5.28. The Kier molecular flexibility index (Phi) is 6.59. The summed E-state index contributed by atoms with van der Waals surface area (Å²) in [4.78, 5) is 17.1. The molecule has 4 rings (SSSR count). The molecule has 1 fully saturated rings. The smallest absolute Gasteiger partial charge is 0.337 e. The van der Waals surface area contributed by atoms with E-state index in [4.69, 9.17) is 19.2 Å². The van der Waals surface area contributed by atoms with Crippen LogP contribution in [0.5, 0.6) is 11.5 Å². The standard InChI is InChI=1S/C26H31NO4/c1-4-30-24-15-19-14-23(17-10-12-18(13-11-17)26(28)29-3)27-22-9-7-6-8-20(22)21(19)16-25(24)31-5-2/h10-13,15-16,20,22H,4-9,14H2,1-3H3. The van der Waals surface area contributed by atoms with Crippen molar-refractivity contribution in [3.8, 4) is 11.5 Å². The van der Waals surface area contributed by atoms with Crippen molar-refractivity contribution in [1.29, 1.82) is 0 Å². The van der Waals surface area contributed by atoms with Crippen LogP contribution in [0.4, 0.5) is 0 Å². The molecule has 2 unspecified atom stereocenters. The lowest BCUT2D eigenvalue weighted by molar-refractivity contribution is 0.0600. The predicted octanol–water partition coefficient (Wildman–Crippen LogP) is 5.34. The van der Waals surface area contributed by atoms with E-state index in [9.17, 15) is 4.79 Å². The molecule has 5 heteroatoms. The van der Waals surface area contributed by atoms with E-state index >= 15 is 0 Å². The molecule has 1 aliphatic carbocycles. The fourth-order valence-corrected chi connectivity index (χ4v) is 4.80. The second-order valence-corrected chi connectivity index (χ2v) is 8.14. The van der Waals surface area contributed by atoms with E-state index in [-0.39, 0.29) is 12.0 Å². The largest absolute Gasteiger partial charge is 0.490 e. The third kappa shape index (κ3) is 4.46. The molecule has 0 aromatic heterocycles. The lowest BCUT2D eigenvalue weighted by Gasteiger charge is -2.29. The van der Waals surface area contributed by atoms with Gasteiger partial charge in [0.2, 0.25) is 0 Å². The molecular formula is C26H31NO4. The van der Waals surface area contributed by atoms with Gasteiger partial charge in [0.15, 0.2) is 11.5 Å². The molecule has 2 aliphatic rings. The van der Waals surface area contributed by atoms with Crippen LogP contribution in [0.3, 0.4) is 0 Å². The lowest BCUT2D eigenvalue weighted by atomic mass is 9.79. The monoisotopic (exact) mass is 421 g/mol. The fraction of sp³-hybridized carbons (Fsp3) is 0.462. The first kappa shape index (κ1) is 21.4. The van der Waals surface area contributed by atoms with Gasteiger partial charge in [0, 0.05) is 18.1 Å². The van der Waals surface area contributed by atoms with Crippen LogP contribution in [-0.2, 0) is 11.2 Å². The summed E-state index contributed by atoms with van der Waals surface area (Å²) < 4.78 is 16.7. The van der Waals surface area contributed by atoms with Gasteiger partial charge in [-0.3, -0.25) is 4.99 Å². The fourth-order valence-electron chi connectivity index (χ4n) is 4.80. The van der Waals surface area contributed by atoms with Gasteiger partial charge in [0.05, 0.1) is 31.9 Å². The lowest BCUT2D eigenvalue weighted by Crippen LogP contribution is -2.21. The van der Waals surface area contributed by atoms with Gasteiger partial charge in [-0.1, -0.05) is 25.0 Å². The molecule has 2 aromatic rings. The highest BCUT2D eigenvalue weighted by atomic mass is 16.5. The van der Waals surface area contributed by atoms with Crippen molar-refractivity contribution in [2.45, 2.75) is 57.9 Å². The number of ether oxygens (including phenoxy) is 3. The van der Waals surface area contributed by atoms with Crippen molar-refractivity contribution in [3.63, 3.8) is 0 Å². The van der Waals surface area contributed by atoms with Gasteiger partial charge in [-0.15, -0.1) is 0 Å². The van der Waals surface area contributed by atoms with E-state index in [1.165, 1.54) is 31.1 Å². The quantitative estimate of drug-likeness (QED) is 0.591. The topological polar surface area (TPSA) is 57.1 Å². The van der Waals surface area contributed by atoms with E-state index in [1.807, 2.05) is 38.1 Å². The van der Waals surface area contributed by atoms with Crippen molar-refractivity contribution in [2.24, 2.45) is 4.99 Å². The molecule has 1 saturated carbocycles. The SMILES string of the molecule is CCOc1cc2c(cc1OCC)C1CCCCC1N=C(c1ccc(C(=O)OC)cc1)C2. The molecule has 0 N–H and O–H groups in total. The van der Waals surface area contributed by atoms with Gasteiger partial charge < -0.3 is 14.2 Å². The Bertz CT molecular complexity index is 964. The van der Waals surface area contributed by atoms with Gasteiger partial charge in [0.25, 0.3) is 0 Å². The molecule has 0 saturated heterocycles. The van der Waals surface area contributed by atoms with E-state index in [0.717, 1.165) is 42.0 Å². The third-order valence-electron chi connectivity index (χ3n) is 6.25. The number of benzene rings is 2. The van der Waals surface area contributed by atoms with Crippen LogP contribution in [0.25, 0.3) is 0 Å². The average Bonchev–Trinajstić information content (AvgIpc) is 2.96. The highest BCUT2D eigenvalue weighted by molar-refractivity contribution is 6.03. The van der Waals surface area contributed by atoms with Gasteiger partial charge in [-0.25, -0.2) is 4.79 Å². The number of esters is 1. The number of hydrogen-bond acceptors (Lipinski definition) is 5. The molecule has 31 heavy (non-hydrogen) atoms. The molecule has 0 spiro atoms. The maximum atomic E-state index is 11.8. The molecule has 0 radical (unpaired) electrons. The zero-order valence-electron chi connectivity index (χ0n) is 18.6. The van der Waals surface area contributed by atoms with Crippen molar-refractivity contribution >= 4 is 11.7 Å². The molecule has 5 nitrogen and oxygen atoms in total. The number of aliphatic imine (C=N–C) groups is 1. The second kappa shape index (κ2) is 9.54. The van der Waals surface area contributed by atoms with Crippen LogP contribution in [-0.4, -0.2) is 38.0 Å². The first-order chi connectivity index (χ1) is 15.1. The van der Waals surface area contributed by atoms with Crippen LogP contribution in [0.15, 0.2) is 41.4 Å². The number of nitrogens with zero attached hydrogens (tertiary/aromatic N) is 1. The van der Waals surface area contributed by atoms with Crippen molar-refractivity contribution in [1.82, 2.24) is 0 Å². The Morgan fingerprint density at radius 3 is 2.35 bits per heavy atom. The van der Waals surface area contributed by atoms with Crippen molar-refractivity contribution in [2.75, 3.05) is 20.3 Å². The van der Waals surface area contributed by atoms with Crippen LogP contribution < -0.4 is 9.47 Å². The third-order valence-corrected chi connectivity index (χ3v) is 6.25.